The van der Waals surface area contributed by atoms with E-state index in [2.05, 4.69) is 24.1 Å². The lowest BCUT2D eigenvalue weighted by atomic mass is 9.86. The van der Waals surface area contributed by atoms with Gasteiger partial charge in [-0.25, -0.2) is 0 Å². The minimum atomic E-state index is 0.0649. The van der Waals surface area contributed by atoms with Crippen molar-refractivity contribution in [1.29, 1.82) is 0 Å². The minimum absolute atomic E-state index is 0.0649. The zero-order valence-corrected chi connectivity index (χ0v) is 12.3. The maximum Gasteiger partial charge on any atom is 0.228 e. The van der Waals surface area contributed by atoms with E-state index in [-0.39, 0.29) is 5.91 Å². The molecule has 1 saturated heterocycles. The molecule has 2 aliphatic heterocycles. The monoisotopic (exact) mass is 273 g/mol. The van der Waals surface area contributed by atoms with Crippen LogP contribution in [0, 0.1) is 11.8 Å². The van der Waals surface area contributed by atoms with Crippen LogP contribution in [0.1, 0.15) is 32.3 Å². The number of benzene rings is 1. The second kappa shape index (κ2) is 5.00. The molecule has 0 aliphatic carbocycles. The van der Waals surface area contributed by atoms with Crippen molar-refractivity contribution in [1.82, 2.24) is 0 Å². The van der Waals surface area contributed by atoms with E-state index >= 15 is 0 Å². The highest BCUT2D eigenvalue weighted by atomic mass is 16.1. The molecule has 0 bridgehead atoms. The maximum atomic E-state index is 11.5. The van der Waals surface area contributed by atoms with Crippen molar-refractivity contribution < 1.29 is 4.79 Å². The van der Waals surface area contributed by atoms with Crippen molar-refractivity contribution in [2.24, 2.45) is 11.8 Å². The lowest BCUT2D eigenvalue weighted by molar-refractivity contribution is -0.115. The third kappa shape index (κ3) is 2.35. The lowest BCUT2D eigenvalue weighted by Gasteiger charge is -2.36. The van der Waals surface area contributed by atoms with Crippen molar-refractivity contribution in [2.75, 3.05) is 29.0 Å². The van der Waals surface area contributed by atoms with E-state index in [1.807, 2.05) is 12.1 Å². The molecule has 0 spiro atoms. The molecule has 1 aromatic carbocycles. The van der Waals surface area contributed by atoms with Crippen molar-refractivity contribution >= 4 is 23.0 Å². The van der Waals surface area contributed by atoms with Crippen LogP contribution in [0.5, 0.6) is 0 Å². The Bertz CT molecular complexity index is 531. The topological polar surface area (TPSA) is 58.4 Å². The first-order valence-corrected chi connectivity index (χ1v) is 7.52. The van der Waals surface area contributed by atoms with Gasteiger partial charge in [-0.15, -0.1) is 0 Å². The van der Waals surface area contributed by atoms with Gasteiger partial charge in [0.05, 0.1) is 17.8 Å². The van der Waals surface area contributed by atoms with Gasteiger partial charge in [-0.05, 0) is 42.4 Å². The molecule has 1 fully saturated rings. The van der Waals surface area contributed by atoms with E-state index in [1.165, 1.54) is 12.8 Å². The van der Waals surface area contributed by atoms with Gasteiger partial charge in [-0.3, -0.25) is 4.79 Å². The average molecular weight is 273 g/mol. The fourth-order valence-corrected chi connectivity index (χ4v) is 3.36. The largest absolute Gasteiger partial charge is 0.397 e. The van der Waals surface area contributed by atoms with E-state index in [0.29, 0.717) is 6.42 Å². The van der Waals surface area contributed by atoms with Crippen LogP contribution >= 0.6 is 0 Å². The Labute approximate surface area is 120 Å². The van der Waals surface area contributed by atoms with Gasteiger partial charge >= 0.3 is 0 Å². The molecule has 2 aliphatic rings. The van der Waals surface area contributed by atoms with Gasteiger partial charge in [0.1, 0.15) is 0 Å². The molecule has 0 unspecified atom stereocenters. The van der Waals surface area contributed by atoms with Crippen molar-refractivity contribution in [3.05, 3.63) is 17.7 Å². The normalized spacial score (nSPS) is 19.4. The third-order valence-corrected chi connectivity index (χ3v) is 4.70. The number of anilines is 3. The zero-order valence-electron chi connectivity index (χ0n) is 12.3. The molecule has 0 atom stereocenters. The van der Waals surface area contributed by atoms with Crippen LogP contribution in [-0.2, 0) is 11.2 Å². The second-order valence-electron chi connectivity index (χ2n) is 6.36. The molecule has 4 heteroatoms. The summed E-state index contributed by atoms with van der Waals surface area (Å²) in [6, 6.07) is 4.00. The van der Waals surface area contributed by atoms with E-state index in [1.54, 1.807) is 0 Å². The van der Waals surface area contributed by atoms with Gasteiger partial charge in [0.15, 0.2) is 0 Å². The van der Waals surface area contributed by atoms with Crippen LogP contribution in [0.15, 0.2) is 12.1 Å². The van der Waals surface area contributed by atoms with Crippen LogP contribution in [0.3, 0.4) is 0 Å². The summed E-state index contributed by atoms with van der Waals surface area (Å²) in [5.41, 5.74) is 10.0. The summed E-state index contributed by atoms with van der Waals surface area (Å²) < 4.78 is 0. The number of carbonyl (C=O) groups excluding carboxylic acids is 1. The number of rotatable bonds is 2. The Kier molecular flexibility index (Phi) is 3.32. The molecule has 3 rings (SSSR count). The third-order valence-electron chi connectivity index (χ3n) is 4.70. The van der Waals surface area contributed by atoms with E-state index in [0.717, 1.165) is 47.6 Å². The SMILES string of the molecule is CC(C)C1CCN(c2cc3c(cc2N)CC(=O)N3)CC1. The predicted octanol–water partition coefficient (Wildman–Crippen LogP) is 2.64. The Morgan fingerprint density at radius 3 is 2.65 bits per heavy atom. The van der Waals surface area contributed by atoms with Crippen molar-refractivity contribution in [2.45, 2.75) is 33.1 Å². The standard InChI is InChI=1S/C16H23N3O/c1-10(2)11-3-5-19(6-4-11)15-9-14-12(7-13(15)17)8-16(20)18-14/h7,9-11H,3-6,8,17H2,1-2H3,(H,18,20). The Balaban J connectivity index is 1.79. The molecule has 1 amide bonds. The number of nitrogens with two attached hydrogens (primary N) is 1. The number of nitrogens with one attached hydrogen (secondary N) is 1. The second-order valence-corrected chi connectivity index (χ2v) is 6.36. The fourth-order valence-electron chi connectivity index (χ4n) is 3.36. The Morgan fingerprint density at radius 2 is 2.00 bits per heavy atom. The summed E-state index contributed by atoms with van der Waals surface area (Å²) in [4.78, 5) is 13.8. The smallest absolute Gasteiger partial charge is 0.228 e. The van der Waals surface area contributed by atoms with Gasteiger partial charge in [-0.2, -0.15) is 0 Å². The zero-order chi connectivity index (χ0) is 14.3. The highest BCUT2D eigenvalue weighted by Gasteiger charge is 2.25. The predicted molar refractivity (Wildman–Crippen MR) is 83.0 cm³/mol. The first-order chi connectivity index (χ1) is 9.54. The molecule has 4 nitrogen and oxygen atoms in total. The van der Waals surface area contributed by atoms with Crippen LogP contribution in [0.4, 0.5) is 17.1 Å². The first-order valence-electron chi connectivity index (χ1n) is 7.52. The lowest BCUT2D eigenvalue weighted by Crippen LogP contribution is -2.35. The molecule has 20 heavy (non-hydrogen) atoms. The van der Waals surface area contributed by atoms with E-state index < -0.39 is 0 Å². The van der Waals surface area contributed by atoms with Gasteiger partial charge in [0.25, 0.3) is 0 Å². The number of hydrogen-bond acceptors (Lipinski definition) is 3. The fraction of sp³-hybridized carbons (Fsp3) is 0.562. The van der Waals surface area contributed by atoms with Gasteiger partial charge in [0.2, 0.25) is 5.91 Å². The number of fused-ring (bicyclic) bond motifs is 1. The minimum Gasteiger partial charge on any atom is -0.397 e. The highest BCUT2D eigenvalue weighted by Crippen LogP contribution is 2.36. The summed E-state index contributed by atoms with van der Waals surface area (Å²) in [5, 5.41) is 2.91. The average Bonchev–Trinajstić information content (AvgIpc) is 2.77. The van der Waals surface area contributed by atoms with Crippen molar-refractivity contribution in [3.63, 3.8) is 0 Å². The van der Waals surface area contributed by atoms with E-state index in [4.69, 9.17) is 5.73 Å². The summed E-state index contributed by atoms with van der Waals surface area (Å²) in [6.45, 7) is 6.72. The highest BCUT2D eigenvalue weighted by molar-refractivity contribution is 6.00. The summed E-state index contributed by atoms with van der Waals surface area (Å²) >= 11 is 0. The molecule has 0 radical (unpaired) electrons. The molecular weight excluding hydrogens is 250 g/mol. The molecule has 108 valence electrons. The number of carbonyl (C=O) groups is 1. The summed E-state index contributed by atoms with van der Waals surface area (Å²) in [5.74, 6) is 1.64. The number of amides is 1. The summed E-state index contributed by atoms with van der Waals surface area (Å²) in [6.07, 6.45) is 2.90. The number of piperidine rings is 1. The van der Waals surface area contributed by atoms with Crippen LogP contribution in [-0.4, -0.2) is 19.0 Å². The summed E-state index contributed by atoms with van der Waals surface area (Å²) in [7, 11) is 0. The maximum absolute atomic E-state index is 11.5. The number of nitrogens with zero attached hydrogens (tertiary/aromatic N) is 1. The molecular formula is C16H23N3O. The van der Waals surface area contributed by atoms with Crippen LogP contribution < -0.4 is 16.0 Å². The molecule has 2 heterocycles. The number of nitrogen functional groups attached to an aromatic ring is 1. The Hall–Kier alpha value is -1.71. The van der Waals surface area contributed by atoms with Gasteiger partial charge in [0, 0.05) is 18.8 Å². The first kappa shape index (κ1) is 13.3. The Morgan fingerprint density at radius 1 is 1.30 bits per heavy atom. The molecule has 1 aromatic rings. The molecule has 0 saturated carbocycles. The molecule has 0 aromatic heterocycles. The van der Waals surface area contributed by atoms with Crippen molar-refractivity contribution in [3.8, 4) is 0 Å². The van der Waals surface area contributed by atoms with Crippen LogP contribution in [0.25, 0.3) is 0 Å². The van der Waals surface area contributed by atoms with Gasteiger partial charge in [-0.1, -0.05) is 13.8 Å². The van der Waals surface area contributed by atoms with Crippen LogP contribution in [0.2, 0.25) is 0 Å². The molecule has 3 N–H and O–H groups in total. The van der Waals surface area contributed by atoms with E-state index in [9.17, 15) is 4.79 Å². The van der Waals surface area contributed by atoms with Gasteiger partial charge < -0.3 is 16.0 Å². The quantitative estimate of drug-likeness (QED) is 0.814. The number of hydrogen-bond donors (Lipinski definition) is 2.